The summed E-state index contributed by atoms with van der Waals surface area (Å²) < 4.78 is 0. The monoisotopic (exact) mass is 172 g/mol. The van der Waals surface area contributed by atoms with Crippen LogP contribution >= 0.6 is 0 Å². The van der Waals surface area contributed by atoms with Crippen molar-refractivity contribution >= 4 is 0 Å². The van der Waals surface area contributed by atoms with E-state index in [1.54, 1.807) is 0 Å². The second-order valence-electron chi connectivity index (χ2n) is 3.22. The number of rotatable bonds is 4. The van der Waals surface area contributed by atoms with Gasteiger partial charge in [-0.1, -0.05) is 56.0 Å². The summed E-state index contributed by atoms with van der Waals surface area (Å²) >= 11 is 0. The van der Waals surface area contributed by atoms with E-state index < -0.39 is 0 Å². The Balaban J connectivity index is 2.60. The van der Waals surface area contributed by atoms with E-state index in [1.807, 2.05) is 6.07 Å². The molecular weight excluding hydrogens is 156 g/mol. The molecule has 0 unspecified atom stereocenters. The molecule has 0 aromatic heterocycles. The van der Waals surface area contributed by atoms with Gasteiger partial charge in [0.1, 0.15) is 0 Å². The summed E-state index contributed by atoms with van der Waals surface area (Å²) in [6.07, 6.45) is 1.92. The molecule has 0 fully saturated rings. The normalized spacial score (nSPS) is 9.62. The first kappa shape index (κ1) is 9.79. The molecule has 0 amide bonds. The molecule has 0 nitrogen and oxygen atoms in total. The van der Waals surface area contributed by atoms with E-state index in [9.17, 15) is 0 Å². The Morgan fingerprint density at radius 3 is 2.23 bits per heavy atom. The van der Waals surface area contributed by atoms with E-state index >= 15 is 0 Å². The molecule has 68 valence electrons. The molecule has 0 spiro atoms. The van der Waals surface area contributed by atoms with E-state index in [4.69, 9.17) is 0 Å². The summed E-state index contributed by atoms with van der Waals surface area (Å²) in [6.45, 7) is 10.1. The highest BCUT2D eigenvalue weighted by Gasteiger charge is 1.98. The summed E-state index contributed by atoms with van der Waals surface area (Å²) in [5, 5.41) is 0. The van der Waals surface area contributed by atoms with Crippen LogP contribution < -0.4 is 0 Å². The second kappa shape index (κ2) is 4.66. The van der Waals surface area contributed by atoms with Crippen LogP contribution in [-0.4, -0.2) is 0 Å². The lowest BCUT2D eigenvalue weighted by Gasteiger charge is -2.06. The maximum atomic E-state index is 4.02. The summed E-state index contributed by atoms with van der Waals surface area (Å²) in [5.74, 6) is 0. The Morgan fingerprint density at radius 2 is 1.69 bits per heavy atom. The van der Waals surface area contributed by atoms with Crippen molar-refractivity contribution in [1.29, 1.82) is 0 Å². The van der Waals surface area contributed by atoms with Crippen molar-refractivity contribution in [2.75, 3.05) is 0 Å². The molecule has 0 saturated carbocycles. The molecule has 0 bridgehead atoms. The van der Waals surface area contributed by atoms with E-state index in [1.165, 1.54) is 5.56 Å². The van der Waals surface area contributed by atoms with Gasteiger partial charge in [-0.2, -0.15) is 0 Å². The van der Waals surface area contributed by atoms with Crippen molar-refractivity contribution in [3.63, 3.8) is 0 Å². The minimum Gasteiger partial charge on any atom is -0.0956 e. The van der Waals surface area contributed by atoms with Crippen molar-refractivity contribution in [2.24, 2.45) is 0 Å². The minimum absolute atomic E-state index is 0.924. The van der Waals surface area contributed by atoms with Gasteiger partial charge in [0, 0.05) is 0 Å². The summed E-state index contributed by atoms with van der Waals surface area (Å²) in [4.78, 5) is 0. The maximum Gasteiger partial charge on any atom is -0.00291 e. The smallest absolute Gasteiger partial charge is 0.00291 e. The molecule has 0 heteroatoms. The Bertz CT molecular complexity index is 293. The maximum absolute atomic E-state index is 4.02. The summed E-state index contributed by atoms with van der Waals surface area (Å²) in [6, 6.07) is 10.4. The van der Waals surface area contributed by atoms with Gasteiger partial charge in [-0.3, -0.25) is 0 Å². The molecule has 0 atom stereocenters. The van der Waals surface area contributed by atoms with Crippen LogP contribution in [0.5, 0.6) is 0 Å². The second-order valence-corrected chi connectivity index (χ2v) is 3.22. The van der Waals surface area contributed by atoms with Crippen molar-refractivity contribution in [3.8, 4) is 0 Å². The number of benzene rings is 1. The molecule has 0 radical (unpaired) electrons. The van der Waals surface area contributed by atoms with Crippen molar-refractivity contribution in [1.82, 2.24) is 0 Å². The summed E-state index contributed by atoms with van der Waals surface area (Å²) in [5.41, 5.74) is 3.61. The molecule has 0 heterocycles. The third kappa shape index (κ3) is 2.90. The van der Waals surface area contributed by atoms with Crippen LogP contribution in [0.15, 0.2) is 54.6 Å². The topological polar surface area (TPSA) is 0 Å². The molecule has 0 aliphatic heterocycles. The Hall–Kier alpha value is -1.30. The first-order chi connectivity index (χ1) is 6.24. The lowest BCUT2D eigenvalue weighted by atomic mass is 9.99. The highest BCUT2D eigenvalue weighted by molar-refractivity contribution is 5.31. The zero-order chi connectivity index (χ0) is 9.68. The quantitative estimate of drug-likeness (QED) is 0.607. The van der Waals surface area contributed by atoms with Gasteiger partial charge in [-0.25, -0.2) is 0 Å². The molecule has 13 heavy (non-hydrogen) atoms. The average Bonchev–Trinajstić information content (AvgIpc) is 2.18. The molecule has 1 aromatic carbocycles. The molecule has 0 aliphatic carbocycles. The van der Waals surface area contributed by atoms with Crippen LogP contribution in [-0.2, 0) is 6.42 Å². The van der Waals surface area contributed by atoms with Crippen LogP contribution in [0.3, 0.4) is 0 Å². The van der Waals surface area contributed by atoms with Gasteiger partial charge in [0.25, 0.3) is 0 Å². The van der Waals surface area contributed by atoms with Gasteiger partial charge in [-0.05, 0) is 24.0 Å². The minimum atomic E-state index is 0.924. The number of hydrogen-bond acceptors (Lipinski definition) is 0. The van der Waals surface area contributed by atoms with Crippen LogP contribution in [0.2, 0.25) is 0 Å². The Morgan fingerprint density at radius 1 is 1.08 bits per heavy atom. The fourth-order valence-electron chi connectivity index (χ4n) is 1.22. The van der Waals surface area contributed by atoms with Crippen molar-refractivity contribution in [3.05, 3.63) is 60.2 Å². The first-order valence-electron chi connectivity index (χ1n) is 4.64. The third-order valence-corrected chi connectivity index (χ3v) is 2.19. The van der Waals surface area contributed by atoms with Gasteiger partial charge in [-0.15, -0.1) is 0 Å². The van der Waals surface area contributed by atoms with Crippen molar-refractivity contribution in [2.45, 2.75) is 19.8 Å². The Kier molecular flexibility index (Phi) is 3.51. The molecule has 0 N–H and O–H groups in total. The van der Waals surface area contributed by atoms with E-state index in [2.05, 4.69) is 44.3 Å². The van der Waals surface area contributed by atoms with Crippen LogP contribution in [0, 0.1) is 0 Å². The van der Waals surface area contributed by atoms with Gasteiger partial charge in [0.05, 0.1) is 0 Å². The number of hydrogen-bond donors (Lipinski definition) is 0. The fourth-order valence-corrected chi connectivity index (χ4v) is 1.22. The summed E-state index contributed by atoms with van der Waals surface area (Å²) in [7, 11) is 0. The molecular formula is C13H16. The average molecular weight is 172 g/mol. The predicted octanol–water partition coefficient (Wildman–Crippen LogP) is 3.75. The highest BCUT2D eigenvalue weighted by atomic mass is 14.0. The van der Waals surface area contributed by atoms with Crippen LogP contribution in [0.25, 0.3) is 0 Å². The van der Waals surface area contributed by atoms with Gasteiger partial charge in [0.2, 0.25) is 0 Å². The fraction of sp³-hybridized carbons (Fsp3) is 0.231. The van der Waals surface area contributed by atoms with Crippen molar-refractivity contribution < 1.29 is 0 Å². The highest BCUT2D eigenvalue weighted by Crippen LogP contribution is 2.14. The molecule has 1 aromatic rings. The third-order valence-electron chi connectivity index (χ3n) is 2.19. The standard InChI is InChI=1S/C13H16/c1-4-11(2)12(3)10-13-8-6-5-7-9-13/h5-9H,2-4,10H2,1H3. The first-order valence-corrected chi connectivity index (χ1v) is 4.64. The molecule has 1 rings (SSSR count). The molecule has 0 aliphatic rings. The van der Waals surface area contributed by atoms with Crippen LogP contribution in [0.1, 0.15) is 18.9 Å². The van der Waals surface area contributed by atoms with Crippen LogP contribution in [0.4, 0.5) is 0 Å². The SMILES string of the molecule is C=C(CC)C(=C)Cc1ccccc1. The lowest BCUT2D eigenvalue weighted by molar-refractivity contribution is 1.06. The number of allylic oxidation sites excluding steroid dienone is 2. The van der Waals surface area contributed by atoms with Gasteiger partial charge >= 0.3 is 0 Å². The zero-order valence-electron chi connectivity index (χ0n) is 8.22. The lowest BCUT2D eigenvalue weighted by Crippen LogP contribution is -1.91. The van der Waals surface area contributed by atoms with E-state index in [0.29, 0.717) is 0 Å². The Labute approximate surface area is 80.6 Å². The van der Waals surface area contributed by atoms with Gasteiger partial charge in [0.15, 0.2) is 0 Å². The molecule has 0 saturated heterocycles. The van der Waals surface area contributed by atoms with E-state index in [-0.39, 0.29) is 0 Å². The van der Waals surface area contributed by atoms with Gasteiger partial charge < -0.3 is 0 Å². The predicted molar refractivity (Wildman–Crippen MR) is 58.7 cm³/mol. The van der Waals surface area contributed by atoms with E-state index in [0.717, 1.165) is 24.0 Å². The zero-order valence-corrected chi connectivity index (χ0v) is 8.22. The largest absolute Gasteiger partial charge is 0.0956 e.